The summed E-state index contributed by atoms with van der Waals surface area (Å²) >= 11 is 0. The second-order valence-electron chi connectivity index (χ2n) is 31.9. The third kappa shape index (κ3) is 11.0. The van der Waals surface area contributed by atoms with Gasteiger partial charge < -0.3 is 23.3 Å². The van der Waals surface area contributed by atoms with Crippen LogP contribution in [-0.4, -0.2) is 13.5 Å². The molecule has 0 aliphatic carbocycles. The molecule has 0 saturated heterocycles. The van der Waals surface area contributed by atoms with Gasteiger partial charge in [0.15, 0.2) is 0 Å². The third-order valence-corrected chi connectivity index (χ3v) is 21.0. The van der Waals surface area contributed by atoms with Crippen molar-refractivity contribution in [2.45, 2.75) is 105 Å². The van der Waals surface area contributed by atoms with E-state index in [2.05, 4.69) is 225 Å². The monoisotopic (exact) mass is 1370 g/mol. The summed E-state index contributed by atoms with van der Waals surface area (Å²) in [4.78, 5) is 4.34. The summed E-state index contributed by atoms with van der Waals surface area (Å²) in [6.45, 7) is 26.5. The van der Waals surface area contributed by atoms with Crippen LogP contribution < -0.4 is 9.80 Å². The number of fused-ring (bicyclic) bond motifs is 12. The average Bonchev–Trinajstić information content (AvgIpc) is 1.56. The van der Waals surface area contributed by atoms with Crippen LogP contribution in [0.5, 0.6) is 0 Å². The number of nitrogens with zero attached hydrogens (tertiary/aromatic N) is 5. The first-order valence-corrected chi connectivity index (χ1v) is 35.9. The zero-order valence-electron chi connectivity index (χ0n) is 76.9. The van der Waals surface area contributed by atoms with Crippen molar-refractivity contribution in [1.29, 1.82) is 0 Å². The molecule has 0 aliphatic heterocycles. The van der Waals surface area contributed by atoms with E-state index in [0.29, 0.717) is 45.5 Å². The molecular weight excluding hydrogens is 1270 g/mol. The second kappa shape index (κ2) is 24.4. The van der Waals surface area contributed by atoms with Crippen molar-refractivity contribution in [2.24, 2.45) is 0 Å². The van der Waals surface area contributed by atoms with Gasteiger partial charge in [0.2, 0.25) is 0 Å². The molecule has 0 radical (unpaired) electrons. The summed E-state index contributed by atoms with van der Waals surface area (Å²) in [5, 5.41) is 4.18. The van der Waals surface area contributed by atoms with Crippen LogP contribution in [0.2, 0.25) is 0 Å². The van der Waals surface area contributed by atoms with Crippen molar-refractivity contribution >= 4 is 116 Å². The molecule has 5 nitrogen and oxygen atoms in total. The van der Waals surface area contributed by atoms with Gasteiger partial charge in [0.25, 0.3) is 0 Å². The minimum atomic E-state index is -0.556. The van der Waals surface area contributed by atoms with E-state index in [1.54, 1.807) is 12.1 Å². The standard InChI is InChI=1S/C100H87N5/c1-97(2,3)68-46-50-92(82(56-68)64-29-15-13-16-30-64)101(72-33-27-35-74(61-72)103-88-41-23-19-37-78(88)79-38-20-24-42-89(79)103)76-53-67(66-45-49-94-84(55-66)86-59-71(100(10,11)12)60-87-85-58-70(99(7,8)9)48-52-95(85)105(94)96(86)87)54-77(63-76)102(93-51-47-69(98(4,5)6)57-83(93)65-31-17-14-18-32-65)73-34-28-36-75(62-73)104-90-43-25-21-39-80(90)81-40-22-26-44-91(81)104/h13-63H,1-12H3/i19D,20D,21D,22D,23D,24D,25D,26D,37D,38D,39D,40D,41D,42D,43D,44D. The van der Waals surface area contributed by atoms with Crippen molar-refractivity contribution in [3.05, 3.63) is 331 Å². The predicted octanol–water partition coefficient (Wildman–Crippen LogP) is 28.2. The molecule has 5 heteroatoms. The van der Waals surface area contributed by atoms with Gasteiger partial charge in [-0.2, -0.15) is 0 Å². The van der Waals surface area contributed by atoms with E-state index in [-0.39, 0.29) is 65.3 Å². The van der Waals surface area contributed by atoms with Gasteiger partial charge in [0.05, 0.1) is 71.9 Å². The summed E-state index contributed by atoms with van der Waals surface area (Å²) in [7, 11) is 0. The number of para-hydroxylation sites is 4. The molecule has 105 heavy (non-hydrogen) atoms. The first kappa shape index (κ1) is 49.6. The lowest BCUT2D eigenvalue weighted by Crippen LogP contribution is -2.17. The molecule has 0 spiro atoms. The van der Waals surface area contributed by atoms with Crippen LogP contribution in [0.25, 0.3) is 126 Å². The number of rotatable bonds is 11. The van der Waals surface area contributed by atoms with Crippen LogP contribution in [0.15, 0.2) is 309 Å². The fourth-order valence-corrected chi connectivity index (χ4v) is 15.5. The Morgan fingerprint density at radius 3 is 1.05 bits per heavy atom. The van der Waals surface area contributed by atoms with E-state index in [4.69, 9.17) is 5.48 Å². The highest BCUT2D eigenvalue weighted by Crippen LogP contribution is 2.52. The minimum absolute atomic E-state index is 0.0389. The second-order valence-corrected chi connectivity index (χ2v) is 31.9. The van der Waals surface area contributed by atoms with E-state index in [1.165, 1.54) is 25.6 Å². The molecule has 4 aromatic heterocycles. The van der Waals surface area contributed by atoms with Crippen LogP contribution in [0.4, 0.5) is 34.1 Å². The van der Waals surface area contributed by atoms with Crippen LogP contribution >= 0.6 is 0 Å². The van der Waals surface area contributed by atoms with Crippen molar-refractivity contribution in [2.75, 3.05) is 9.80 Å². The number of benzene rings is 14. The molecular formula is C100H87N5. The average molecular weight is 1370 g/mol. The van der Waals surface area contributed by atoms with E-state index < -0.39 is 96.7 Å². The fourth-order valence-electron chi connectivity index (χ4n) is 15.5. The molecule has 18 aromatic rings. The minimum Gasteiger partial charge on any atom is -0.310 e. The van der Waals surface area contributed by atoms with E-state index in [1.807, 2.05) is 72.8 Å². The SMILES string of the molecule is [2H]c1c([2H])c([2H])c2c(c1[2H])c1c([2H])c([2H])c([2H])c([2H])c1n2-c1cccc(N(c2cc(-c3ccc4c(c3)c3cc(C(C)(C)C)cc5c6cc(C(C)(C)C)ccc6n4c35)cc(N(c3cccc(-n4c5c([2H])c([2H])c([2H])c([2H])c5c5c([2H])c([2H])c([2H])c([2H])c54)c3)c3ccc(C(C)(C)C)cc3-c3ccccc3)c2)c2ccc(C(C)(C)C)cc2-c2ccccc2)c1. The highest BCUT2D eigenvalue weighted by Gasteiger charge is 2.30. The largest absolute Gasteiger partial charge is 0.310 e. The van der Waals surface area contributed by atoms with Gasteiger partial charge in [0, 0.05) is 88.3 Å². The van der Waals surface area contributed by atoms with E-state index >= 15 is 0 Å². The smallest absolute Gasteiger partial charge is 0.0645 e. The Bertz CT molecular complexity index is 6980. The maximum absolute atomic E-state index is 9.72. The zero-order chi connectivity index (χ0) is 85.9. The molecule has 18 rings (SSSR count). The quantitative estimate of drug-likeness (QED) is 0.129. The molecule has 512 valence electrons. The molecule has 14 aromatic carbocycles. The van der Waals surface area contributed by atoms with Crippen LogP contribution in [0, 0.1) is 0 Å². The highest BCUT2D eigenvalue weighted by atomic mass is 15.2. The van der Waals surface area contributed by atoms with Gasteiger partial charge in [-0.05, 0) is 206 Å². The Morgan fingerprint density at radius 1 is 0.257 bits per heavy atom. The zero-order valence-corrected chi connectivity index (χ0v) is 60.9. The van der Waals surface area contributed by atoms with Crippen LogP contribution in [0.1, 0.15) is 127 Å². The Labute approximate surface area is 638 Å². The molecule has 0 atom stereocenters. The molecule has 0 fully saturated rings. The molecule has 0 amide bonds. The lowest BCUT2D eigenvalue weighted by Gasteiger charge is -2.33. The summed E-state index contributed by atoms with van der Waals surface area (Å²) in [6, 6.07) is 64.9. The molecule has 0 saturated carbocycles. The topological polar surface area (TPSA) is 20.8 Å². The number of hydrogen-bond acceptors (Lipinski definition) is 2. The lowest BCUT2D eigenvalue weighted by atomic mass is 9.84. The summed E-state index contributed by atoms with van der Waals surface area (Å²) in [5.74, 6) is 0. The van der Waals surface area contributed by atoms with E-state index in [0.717, 1.165) is 77.2 Å². The Balaban J connectivity index is 1.01. The molecule has 4 heterocycles. The summed E-state index contributed by atoms with van der Waals surface area (Å²) in [5.41, 5.74) is 15.8. The number of anilines is 6. The van der Waals surface area contributed by atoms with E-state index in [9.17, 15) is 16.4 Å². The third-order valence-electron chi connectivity index (χ3n) is 21.0. The number of aromatic nitrogens is 3. The summed E-state index contributed by atoms with van der Waals surface area (Å²) in [6.07, 6.45) is 0. The van der Waals surface area contributed by atoms with Crippen molar-refractivity contribution in [3.63, 3.8) is 0 Å². The van der Waals surface area contributed by atoms with Crippen molar-refractivity contribution in [3.8, 4) is 44.8 Å². The van der Waals surface area contributed by atoms with Gasteiger partial charge in [-0.15, -0.1) is 0 Å². The predicted molar refractivity (Wildman–Crippen MR) is 450 cm³/mol. The lowest BCUT2D eigenvalue weighted by molar-refractivity contribution is 0.590. The maximum Gasteiger partial charge on any atom is 0.0645 e. The fraction of sp³-hybridized carbons (Fsp3) is 0.160. The Hall–Kier alpha value is -11.9. The highest BCUT2D eigenvalue weighted by molar-refractivity contribution is 6.24. The van der Waals surface area contributed by atoms with Crippen LogP contribution in [-0.2, 0) is 21.7 Å². The van der Waals surface area contributed by atoms with Gasteiger partial charge in [-0.1, -0.05) is 253 Å². The first-order valence-electron chi connectivity index (χ1n) is 43.9. The van der Waals surface area contributed by atoms with Gasteiger partial charge in [0.1, 0.15) is 0 Å². The summed E-state index contributed by atoms with van der Waals surface area (Å²) < 4.78 is 155. The van der Waals surface area contributed by atoms with Crippen LogP contribution in [0.3, 0.4) is 0 Å². The molecule has 0 bridgehead atoms. The number of hydrogen-bond donors (Lipinski definition) is 0. The maximum atomic E-state index is 9.72. The Morgan fingerprint density at radius 2 is 0.629 bits per heavy atom. The van der Waals surface area contributed by atoms with Crippen molar-refractivity contribution in [1.82, 2.24) is 13.5 Å². The van der Waals surface area contributed by atoms with Gasteiger partial charge in [-0.3, -0.25) is 0 Å². The molecule has 0 aliphatic rings. The Kier molecular flexibility index (Phi) is 11.5. The van der Waals surface area contributed by atoms with Crippen molar-refractivity contribution < 1.29 is 21.9 Å². The molecule has 0 N–H and O–H groups in total. The normalized spacial score (nSPS) is 14.7. The van der Waals surface area contributed by atoms with Gasteiger partial charge >= 0.3 is 0 Å². The molecule has 0 unspecified atom stereocenters. The van der Waals surface area contributed by atoms with Gasteiger partial charge in [-0.25, -0.2) is 0 Å². The first-order chi connectivity index (χ1) is 57.2.